The lowest BCUT2D eigenvalue weighted by molar-refractivity contribution is 0.283. The number of nitrogens with zero attached hydrogens (tertiary/aromatic N) is 1. The fraction of sp³-hybridized carbons (Fsp3) is 0.261. The lowest BCUT2D eigenvalue weighted by Gasteiger charge is -2.35. The fourth-order valence-electron chi connectivity index (χ4n) is 3.99. The fourth-order valence-corrected chi connectivity index (χ4v) is 3.99. The topological polar surface area (TPSA) is 36.4 Å². The molecular weight excluding hydrogens is 375 g/mol. The zero-order chi connectivity index (χ0) is 20.4. The van der Waals surface area contributed by atoms with Gasteiger partial charge in [-0.25, -0.2) is 18.2 Å². The Kier molecular flexibility index (Phi) is 5.18. The molecule has 0 amide bonds. The first-order chi connectivity index (χ1) is 13.9. The number of allylic oxidation sites excluding steroid dienone is 3. The number of hydrogen-bond acceptors (Lipinski definition) is 3. The number of halogens is 3. The van der Waals surface area contributed by atoms with E-state index in [4.69, 9.17) is 4.99 Å². The summed E-state index contributed by atoms with van der Waals surface area (Å²) in [6.07, 6.45) is 5.33. The molecule has 0 spiro atoms. The highest BCUT2D eigenvalue weighted by molar-refractivity contribution is 5.83. The molecule has 2 aliphatic rings. The Bertz CT molecular complexity index is 998. The zero-order valence-electron chi connectivity index (χ0n) is 16.0. The molecule has 1 heterocycles. The summed E-state index contributed by atoms with van der Waals surface area (Å²) in [4.78, 5) is 4.84. The van der Waals surface area contributed by atoms with Crippen LogP contribution >= 0.6 is 0 Å². The Morgan fingerprint density at radius 2 is 1.86 bits per heavy atom. The van der Waals surface area contributed by atoms with Crippen LogP contribution in [0.2, 0.25) is 0 Å². The van der Waals surface area contributed by atoms with Gasteiger partial charge in [0.15, 0.2) is 5.96 Å². The van der Waals surface area contributed by atoms with Gasteiger partial charge in [-0.1, -0.05) is 36.4 Å². The van der Waals surface area contributed by atoms with E-state index in [1.807, 2.05) is 25.1 Å². The van der Waals surface area contributed by atoms with E-state index in [1.165, 1.54) is 30.3 Å². The van der Waals surface area contributed by atoms with Crippen LogP contribution in [0.15, 0.2) is 77.6 Å². The summed E-state index contributed by atoms with van der Waals surface area (Å²) in [5, 5.41) is 6.52. The third kappa shape index (κ3) is 4.06. The number of aliphatic imine (C=N–C) groups is 1. The van der Waals surface area contributed by atoms with Crippen LogP contribution in [-0.2, 0) is 6.54 Å². The standard InChI is InChI=1S/C23H22F3N3/c1-23(17-7-4-10-20(26)13-17)21(16-6-3-9-19(25)12-16)28-22(29-23)27-14-15-5-2-8-18(24)11-15/h2-12,17,21H,13-14H2,1H3,(H2,27,28,29)/t17?,21-,23+/m1/s1. The second-order valence-corrected chi connectivity index (χ2v) is 7.61. The molecule has 0 bridgehead atoms. The molecule has 150 valence electrons. The summed E-state index contributed by atoms with van der Waals surface area (Å²) >= 11 is 0. The molecule has 29 heavy (non-hydrogen) atoms. The molecule has 1 aliphatic heterocycles. The third-order valence-electron chi connectivity index (χ3n) is 5.54. The second-order valence-electron chi connectivity index (χ2n) is 7.61. The van der Waals surface area contributed by atoms with Gasteiger partial charge in [0, 0.05) is 18.9 Å². The van der Waals surface area contributed by atoms with Gasteiger partial charge in [-0.2, -0.15) is 0 Å². The van der Waals surface area contributed by atoms with E-state index in [1.54, 1.807) is 18.2 Å². The maximum Gasteiger partial charge on any atom is 0.192 e. The molecule has 0 radical (unpaired) electrons. The molecule has 1 unspecified atom stereocenters. The van der Waals surface area contributed by atoms with Crippen molar-refractivity contribution in [3.63, 3.8) is 0 Å². The molecule has 0 fully saturated rings. The minimum Gasteiger partial charge on any atom is -0.352 e. The predicted molar refractivity (Wildman–Crippen MR) is 108 cm³/mol. The van der Waals surface area contributed by atoms with Crippen molar-refractivity contribution in [2.75, 3.05) is 0 Å². The van der Waals surface area contributed by atoms with Crippen molar-refractivity contribution < 1.29 is 13.2 Å². The lowest BCUT2D eigenvalue weighted by atomic mass is 9.75. The maximum absolute atomic E-state index is 14.0. The molecule has 0 aromatic heterocycles. The third-order valence-corrected chi connectivity index (χ3v) is 5.54. The first kappa shape index (κ1) is 19.3. The highest BCUT2D eigenvalue weighted by Gasteiger charge is 2.46. The van der Waals surface area contributed by atoms with Crippen LogP contribution in [0.3, 0.4) is 0 Å². The second kappa shape index (κ2) is 7.78. The van der Waals surface area contributed by atoms with Gasteiger partial charge >= 0.3 is 0 Å². The van der Waals surface area contributed by atoms with Gasteiger partial charge in [-0.05, 0) is 48.4 Å². The van der Waals surface area contributed by atoms with Crippen LogP contribution < -0.4 is 10.6 Å². The largest absolute Gasteiger partial charge is 0.352 e. The highest BCUT2D eigenvalue weighted by atomic mass is 19.1. The van der Waals surface area contributed by atoms with Gasteiger partial charge in [-0.3, -0.25) is 0 Å². The van der Waals surface area contributed by atoms with Gasteiger partial charge in [0.05, 0.1) is 11.6 Å². The Morgan fingerprint density at radius 1 is 1.10 bits per heavy atom. The molecule has 6 heteroatoms. The Hall–Kier alpha value is -3.02. The summed E-state index contributed by atoms with van der Waals surface area (Å²) in [6, 6.07) is 12.3. The molecule has 0 saturated heterocycles. The van der Waals surface area contributed by atoms with E-state index < -0.39 is 5.54 Å². The smallest absolute Gasteiger partial charge is 0.192 e. The monoisotopic (exact) mass is 397 g/mol. The van der Waals surface area contributed by atoms with Crippen molar-refractivity contribution >= 4 is 5.96 Å². The summed E-state index contributed by atoms with van der Waals surface area (Å²) in [5.41, 5.74) is 0.791. The predicted octanol–water partition coefficient (Wildman–Crippen LogP) is 4.94. The molecular formula is C23H22F3N3. The lowest BCUT2D eigenvalue weighted by Crippen LogP contribution is -2.42. The number of guanidine groups is 1. The number of hydrogen-bond donors (Lipinski definition) is 2. The van der Waals surface area contributed by atoms with Gasteiger partial charge in [-0.15, -0.1) is 0 Å². The number of benzene rings is 2. The minimum absolute atomic E-state index is 0.193. The SMILES string of the molecule is C[C@@]1(C2C=CC=C(F)C2)N=C(NCc2cccc(F)c2)N[C@@H]1c1cccc(F)c1. The van der Waals surface area contributed by atoms with E-state index in [2.05, 4.69) is 10.6 Å². The van der Waals surface area contributed by atoms with Crippen LogP contribution in [0, 0.1) is 17.6 Å². The molecule has 2 N–H and O–H groups in total. The normalized spacial score (nSPS) is 25.9. The van der Waals surface area contributed by atoms with Crippen molar-refractivity contribution in [1.82, 2.24) is 10.6 Å². The van der Waals surface area contributed by atoms with Crippen molar-refractivity contribution in [2.24, 2.45) is 10.9 Å². The summed E-state index contributed by atoms with van der Waals surface area (Å²) in [7, 11) is 0. The van der Waals surface area contributed by atoms with Crippen molar-refractivity contribution in [1.29, 1.82) is 0 Å². The van der Waals surface area contributed by atoms with Gasteiger partial charge in [0.25, 0.3) is 0 Å². The quantitative estimate of drug-likeness (QED) is 0.767. The van der Waals surface area contributed by atoms with Crippen LogP contribution in [0.1, 0.15) is 30.5 Å². The summed E-state index contributed by atoms with van der Waals surface area (Å²) < 4.78 is 41.3. The molecule has 4 rings (SSSR count). The minimum atomic E-state index is -0.722. The molecule has 3 atom stereocenters. The first-order valence-electron chi connectivity index (χ1n) is 9.57. The maximum atomic E-state index is 14.0. The Labute approximate surface area is 168 Å². The highest BCUT2D eigenvalue weighted by Crippen LogP contribution is 2.43. The van der Waals surface area contributed by atoms with E-state index in [-0.39, 0.29) is 35.8 Å². The average molecular weight is 397 g/mol. The molecule has 2 aromatic rings. The zero-order valence-corrected chi connectivity index (χ0v) is 16.0. The van der Waals surface area contributed by atoms with Gasteiger partial charge < -0.3 is 10.6 Å². The van der Waals surface area contributed by atoms with Gasteiger partial charge in [0.2, 0.25) is 0 Å². The van der Waals surface area contributed by atoms with E-state index in [0.717, 1.165) is 11.1 Å². The van der Waals surface area contributed by atoms with E-state index in [9.17, 15) is 13.2 Å². The van der Waals surface area contributed by atoms with Crippen LogP contribution in [0.4, 0.5) is 13.2 Å². The van der Waals surface area contributed by atoms with Crippen molar-refractivity contribution in [3.05, 3.63) is 95.3 Å². The first-order valence-corrected chi connectivity index (χ1v) is 9.57. The van der Waals surface area contributed by atoms with Crippen molar-refractivity contribution in [3.8, 4) is 0 Å². The van der Waals surface area contributed by atoms with E-state index >= 15 is 0 Å². The Balaban J connectivity index is 1.61. The van der Waals surface area contributed by atoms with Crippen molar-refractivity contribution in [2.45, 2.75) is 31.5 Å². The number of nitrogens with one attached hydrogen (secondary N) is 2. The summed E-state index contributed by atoms with van der Waals surface area (Å²) in [6.45, 7) is 2.32. The van der Waals surface area contributed by atoms with Crippen LogP contribution in [0.25, 0.3) is 0 Å². The summed E-state index contributed by atoms with van der Waals surface area (Å²) in [5.74, 6) is -0.509. The average Bonchev–Trinajstić information content (AvgIpc) is 3.04. The van der Waals surface area contributed by atoms with Crippen LogP contribution in [-0.4, -0.2) is 11.5 Å². The van der Waals surface area contributed by atoms with Crippen LogP contribution in [0.5, 0.6) is 0 Å². The van der Waals surface area contributed by atoms with Gasteiger partial charge in [0.1, 0.15) is 17.5 Å². The Morgan fingerprint density at radius 3 is 2.59 bits per heavy atom. The van der Waals surface area contributed by atoms with E-state index in [0.29, 0.717) is 12.5 Å². The molecule has 2 aromatic carbocycles. The number of rotatable bonds is 4. The molecule has 0 saturated carbocycles. The molecule has 1 aliphatic carbocycles. The molecule has 3 nitrogen and oxygen atoms in total.